The van der Waals surface area contributed by atoms with Gasteiger partial charge in [0, 0.05) is 30.1 Å². The lowest BCUT2D eigenvalue weighted by atomic mass is 10.3. The van der Waals surface area contributed by atoms with Crippen LogP contribution in [0.15, 0.2) is 23.7 Å². The third kappa shape index (κ3) is 1.96. The fraction of sp³-hybridized carbons (Fsp3) is 0.100. The monoisotopic (exact) mass is 265 g/mol. The predicted octanol–water partition coefficient (Wildman–Crippen LogP) is 2.01. The highest BCUT2D eigenvalue weighted by Crippen LogP contribution is 2.17. The summed E-state index contributed by atoms with van der Waals surface area (Å²) in [5.74, 6) is 0.477. The molecular weight excluding hydrogens is 258 g/mol. The molecule has 0 aliphatic rings. The Labute approximate surface area is 106 Å². The van der Waals surface area contributed by atoms with Crippen LogP contribution < -0.4 is 5.73 Å². The number of rotatable bonds is 2. The number of nitrogens with two attached hydrogens (primary N) is 1. The fourth-order valence-electron chi connectivity index (χ4n) is 1.59. The molecule has 0 spiro atoms. The van der Waals surface area contributed by atoms with Gasteiger partial charge in [0.1, 0.15) is 11.0 Å². The van der Waals surface area contributed by atoms with Gasteiger partial charge >= 0.3 is 0 Å². The van der Waals surface area contributed by atoms with E-state index in [4.69, 9.17) is 17.3 Å². The van der Waals surface area contributed by atoms with Gasteiger partial charge in [0.25, 0.3) is 0 Å². The first kappa shape index (κ1) is 10.5. The van der Waals surface area contributed by atoms with Crippen molar-refractivity contribution < 1.29 is 0 Å². The molecule has 3 aromatic rings. The zero-order valence-corrected chi connectivity index (χ0v) is 10.2. The van der Waals surface area contributed by atoms with Crippen molar-refractivity contribution >= 4 is 34.4 Å². The summed E-state index contributed by atoms with van der Waals surface area (Å²) in [6.45, 7) is 0. The van der Waals surface area contributed by atoms with Gasteiger partial charge in [0.05, 0.1) is 10.7 Å². The normalized spacial score (nSPS) is 11.1. The average Bonchev–Trinajstić information content (AvgIpc) is 2.87. The first-order valence-electron chi connectivity index (χ1n) is 4.91. The zero-order valence-electron chi connectivity index (χ0n) is 8.67. The Morgan fingerprint density at radius 3 is 3.06 bits per heavy atom. The number of nitrogens with zero attached hydrogens (tertiary/aromatic N) is 4. The highest BCUT2D eigenvalue weighted by Gasteiger charge is 2.08. The Balaban J connectivity index is 2.05. The Bertz CT molecular complexity index is 661. The van der Waals surface area contributed by atoms with Crippen LogP contribution in [0.4, 0.5) is 5.82 Å². The number of nitrogen functional groups attached to an aromatic ring is 1. The number of hydrogen-bond donors (Lipinski definition) is 1. The highest BCUT2D eigenvalue weighted by atomic mass is 35.5. The van der Waals surface area contributed by atoms with Crippen LogP contribution in [0.25, 0.3) is 5.65 Å². The summed E-state index contributed by atoms with van der Waals surface area (Å²) in [5, 5.41) is 7.69. The molecule has 3 heterocycles. The number of halogens is 1. The van der Waals surface area contributed by atoms with Crippen molar-refractivity contribution in [2.24, 2.45) is 0 Å². The number of thiazole rings is 1. The van der Waals surface area contributed by atoms with Crippen LogP contribution in [0.3, 0.4) is 0 Å². The molecule has 0 unspecified atom stereocenters. The first-order valence-corrected chi connectivity index (χ1v) is 6.17. The van der Waals surface area contributed by atoms with Crippen molar-refractivity contribution in [1.29, 1.82) is 0 Å². The van der Waals surface area contributed by atoms with Gasteiger partial charge in [-0.15, -0.1) is 11.3 Å². The SMILES string of the molecule is Nc1cc(Cl)nc2cc(Cc3nccs3)nn12. The van der Waals surface area contributed by atoms with Crippen LogP contribution in [0.1, 0.15) is 10.7 Å². The molecule has 17 heavy (non-hydrogen) atoms. The second-order valence-corrected chi connectivity index (χ2v) is 4.88. The van der Waals surface area contributed by atoms with Crippen molar-refractivity contribution in [3.8, 4) is 0 Å². The molecular formula is C10H8ClN5S. The third-order valence-corrected chi connectivity index (χ3v) is 3.26. The van der Waals surface area contributed by atoms with E-state index in [-0.39, 0.29) is 0 Å². The molecule has 86 valence electrons. The minimum absolute atomic E-state index is 0.371. The quantitative estimate of drug-likeness (QED) is 0.720. The molecule has 3 rings (SSSR count). The number of aromatic nitrogens is 4. The van der Waals surface area contributed by atoms with Gasteiger partial charge in [-0.25, -0.2) is 9.97 Å². The largest absolute Gasteiger partial charge is 0.383 e. The number of anilines is 1. The average molecular weight is 266 g/mol. The van der Waals surface area contributed by atoms with E-state index in [1.807, 2.05) is 11.4 Å². The summed E-state index contributed by atoms with van der Waals surface area (Å²) in [6.07, 6.45) is 2.46. The molecule has 0 bridgehead atoms. The first-order chi connectivity index (χ1) is 8.22. The molecule has 5 nitrogen and oxygen atoms in total. The lowest BCUT2D eigenvalue weighted by molar-refractivity contribution is 0.904. The van der Waals surface area contributed by atoms with Crippen molar-refractivity contribution in [3.63, 3.8) is 0 Å². The van der Waals surface area contributed by atoms with Crippen LogP contribution in [0.2, 0.25) is 5.15 Å². The van der Waals surface area contributed by atoms with E-state index < -0.39 is 0 Å². The Morgan fingerprint density at radius 2 is 2.29 bits per heavy atom. The molecule has 3 aromatic heterocycles. The zero-order chi connectivity index (χ0) is 11.8. The topological polar surface area (TPSA) is 69.1 Å². The van der Waals surface area contributed by atoms with Crippen LogP contribution in [-0.2, 0) is 6.42 Å². The minimum atomic E-state index is 0.371. The van der Waals surface area contributed by atoms with Crippen LogP contribution in [0.5, 0.6) is 0 Å². The fourth-order valence-corrected chi connectivity index (χ4v) is 2.42. The molecule has 0 fully saturated rings. The van der Waals surface area contributed by atoms with Gasteiger partial charge in [-0.05, 0) is 0 Å². The second-order valence-electron chi connectivity index (χ2n) is 3.51. The van der Waals surface area contributed by atoms with Gasteiger partial charge < -0.3 is 5.73 Å². The molecule has 0 aromatic carbocycles. The summed E-state index contributed by atoms with van der Waals surface area (Å²) < 4.78 is 1.58. The second kappa shape index (κ2) is 3.97. The minimum Gasteiger partial charge on any atom is -0.383 e. The molecule has 0 amide bonds. The molecule has 0 atom stereocenters. The summed E-state index contributed by atoms with van der Waals surface area (Å²) >= 11 is 7.43. The maximum atomic E-state index is 5.83. The maximum Gasteiger partial charge on any atom is 0.159 e. The van der Waals surface area contributed by atoms with Gasteiger partial charge in [-0.2, -0.15) is 9.61 Å². The number of hydrogen-bond acceptors (Lipinski definition) is 5. The van der Waals surface area contributed by atoms with E-state index in [0.29, 0.717) is 23.0 Å². The van der Waals surface area contributed by atoms with E-state index in [9.17, 15) is 0 Å². The maximum absolute atomic E-state index is 5.83. The smallest absolute Gasteiger partial charge is 0.159 e. The lowest BCUT2D eigenvalue weighted by Crippen LogP contribution is -2.00. The summed E-state index contributed by atoms with van der Waals surface area (Å²) in [7, 11) is 0. The van der Waals surface area contributed by atoms with Gasteiger partial charge in [-0.1, -0.05) is 11.6 Å². The molecule has 0 aliphatic carbocycles. The van der Waals surface area contributed by atoms with E-state index >= 15 is 0 Å². The van der Waals surface area contributed by atoms with Gasteiger partial charge in [0.15, 0.2) is 5.65 Å². The summed E-state index contributed by atoms with van der Waals surface area (Å²) in [4.78, 5) is 8.37. The van der Waals surface area contributed by atoms with E-state index in [2.05, 4.69) is 15.1 Å². The standard InChI is InChI=1S/C10H8ClN5S/c11-7-5-8(12)16-9(14-7)3-6(15-16)4-10-13-1-2-17-10/h1-3,5H,4,12H2. The van der Waals surface area contributed by atoms with E-state index in [1.165, 1.54) is 0 Å². The van der Waals surface area contributed by atoms with Crippen LogP contribution in [0, 0.1) is 0 Å². The summed E-state index contributed by atoms with van der Waals surface area (Å²) in [5.41, 5.74) is 7.34. The van der Waals surface area contributed by atoms with Crippen LogP contribution >= 0.6 is 22.9 Å². The molecule has 0 saturated carbocycles. The molecule has 7 heteroatoms. The molecule has 0 radical (unpaired) electrons. The van der Waals surface area contributed by atoms with Crippen molar-refractivity contribution in [2.75, 3.05) is 5.73 Å². The Kier molecular flexibility index (Phi) is 2.45. The Morgan fingerprint density at radius 1 is 1.41 bits per heavy atom. The van der Waals surface area contributed by atoms with Crippen LogP contribution in [-0.4, -0.2) is 19.6 Å². The third-order valence-electron chi connectivity index (χ3n) is 2.29. The molecule has 2 N–H and O–H groups in total. The highest BCUT2D eigenvalue weighted by molar-refractivity contribution is 7.09. The van der Waals surface area contributed by atoms with E-state index in [0.717, 1.165) is 10.7 Å². The molecule has 0 saturated heterocycles. The van der Waals surface area contributed by atoms with Crippen molar-refractivity contribution in [1.82, 2.24) is 19.6 Å². The van der Waals surface area contributed by atoms with Crippen molar-refractivity contribution in [3.05, 3.63) is 39.6 Å². The van der Waals surface area contributed by atoms with E-state index in [1.54, 1.807) is 28.1 Å². The summed E-state index contributed by atoms with van der Waals surface area (Å²) in [6, 6.07) is 3.44. The van der Waals surface area contributed by atoms with Gasteiger partial charge in [0.2, 0.25) is 0 Å². The van der Waals surface area contributed by atoms with Crippen molar-refractivity contribution in [2.45, 2.75) is 6.42 Å². The molecule has 0 aliphatic heterocycles. The predicted molar refractivity (Wildman–Crippen MR) is 67.3 cm³/mol. The lowest BCUT2D eigenvalue weighted by Gasteiger charge is -1.97. The number of fused-ring (bicyclic) bond motifs is 1. The van der Waals surface area contributed by atoms with Gasteiger partial charge in [-0.3, -0.25) is 0 Å². The Hall–Kier alpha value is -1.66.